The Labute approximate surface area is 176 Å². The Morgan fingerprint density at radius 3 is 2.47 bits per heavy atom. The van der Waals surface area contributed by atoms with Crippen LogP contribution in [0.3, 0.4) is 0 Å². The fraction of sp³-hybridized carbons (Fsp3) is 0.636. The van der Waals surface area contributed by atoms with E-state index in [1.807, 2.05) is 4.90 Å². The van der Waals surface area contributed by atoms with Crippen molar-refractivity contribution in [2.45, 2.75) is 57.2 Å². The molecule has 0 aromatic heterocycles. The summed E-state index contributed by atoms with van der Waals surface area (Å²) >= 11 is 0. The van der Waals surface area contributed by atoms with Crippen LogP contribution in [0.2, 0.25) is 0 Å². The third kappa shape index (κ3) is 6.12. The van der Waals surface area contributed by atoms with E-state index >= 15 is 0 Å². The first-order valence-electron chi connectivity index (χ1n) is 10.8. The topological polar surface area (TPSA) is 56.7 Å². The number of aliphatic imine (C=N–C) groups is 1. The molecule has 1 atom stereocenters. The van der Waals surface area contributed by atoms with Crippen molar-refractivity contribution in [1.29, 1.82) is 0 Å². The molecule has 166 valence electrons. The van der Waals surface area contributed by atoms with Gasteiger partial charge in [-0.15, -0.1) is 0 Å². The first-order valence-corrected chi connectivity index (χ1v) is 10.8. The van der Waals surface area contributed by atoms with Crippen LogP contribution in [0, 0.1) is 5.92 Å². The maximum Gasteiger partial charge on any atom is 0.416 e. The average molecular weight is 425 g/mol. The minimum atomic E-state index is -4.31. The van der Waals surface area contributed by atoms with Crippen molar-refractivity contribution < 1.29 is 18.0 Å². The fourth-order valence-electron chi connectivity index (χ4n) is 4.26. The lowest BCUT2D eigenvalue weighted by Gasteiger charge is -2.26. The molecule has 5 nitrogen and oxygen atoms in total. The maximum absolute atomic E-state index is 12.7. The lowest BCUT2D eigenvalue weighted by molar-refractivity contribution is -0.137. The molecule has 1 heterocycles. The van der Waals surface area contributed by atoms with Gasteiger partial charge >= 0.3 is 6.18 Å². The van der Waals surface area contributed by atoms with Gasteiger partial charge in [-0.3, -0.25) is 9.79 Å². The molecule has 1 aliphatic heterocycles. The second-order valence-corrected chi connectivity index (χ2v) is 8.19. The summed E-state index contributed by atoms with van der Waals surface area (Å²) in [6.07, 6.45) is 2.75. The van der Waals surface area contributed by atoms with E-state index in [2.05, 4.69) is 15.6 Å². The number of nitrogens with zero attached hydrogens (tertiary/aromatic N) is 2. The SMILES string of the molecule is CN=C(NCCc1ccc(C(F)(F)F)cc1)NC1CCN(C(=O)C2CCCCC2)C1. The molecule has 2 aliphatic rings. The number of hydrogen-bond donors (Lipinski definition) is 2. The first-order chi connectivity index (χ1) is 14.4. The maximum atomic E-state index is 12.7. The van der Waals surface area contributed by atoms with E-state index in [-0.39, 0.29) is 12.0 Å². The minimum absolute atomic E-state index is 0.162. The van der Waals surface area contributed by atoms with E-state index in [1.54, 1.807) is 7.05 Å². The largest absolute Gasteiger partial charge is 0.416 e. The van der Waals surface area contributed by atoms with Crippen LogP contribution in [-0.4, -0.2) is 49.5 Å². The lowest BCUT2D eigenvalue weighted by atomic mass is 9.88. The molecule has 2 fully saturated rings. The number of nitrogens with one attached hydrogen (secondary N) is 2. The molecule has 1 saturated heterocycles. The van der Waals surface area contributed by atoms with Crippen molar-refractivity contribution in [2.75, 3.05) is 26.7 Å². The summed E-state index contributed by atoms with van der Waals surface area (Å²) in [5.41, 5.74) is 0.196. The number of hydrogen-bond acceptors (Lipinski definition) is 2. The van der Waals surface area contributed by atoms with Crippen LogP contribution in [0.1, 0.15) is 49.7 Å². The molecule has 1 aromatic carbocycles. The molecular formula is C22H31F3N4O. The lowest BCUT2D eigenvalue weighted by Crippen LogP contribution is -2.46. The zero-order valence-corrected chi connectivity index (χ0v) is 17.5. The molecule has 1 amide bonds. The molecule has 0 spiro atoms. The summed E-state index contributed by atoms with van der Waals surface area (Å²) in [7, 11) is 1.69. The quantitative estimate of drug-likeness (QED) is 0.561. The number of rotatable bonds is 5. The van der Waals surface area contributed by atoms with E-state index < -0.39 is 11.7 Å². The first kappa shape index (κ1) is 22.4. The Kier molecular flexibility index (Phi) is 7.61. The van der Waals surface area contributed by atoms with Crippen LogP contribution < -0.4 is 10.6 Å². The predicted molar refractivity (Wildman–Crippen MR) is 111 cm³/mol. The smallest absolute Gasteiger partial charge is 0.356 e. The number of alkyl halides is 3. The minimum Gasteiger partial charge on any atom is -0.356 e. The van der Waals surface area contributed by atoms with E-state index in [9.17, 15) is 18.0 Å². The molecule has 30 heavy (non-hydrogen) atoms. The summed E-state index contributed by atoms with van der Waals surface area (Å²) < 4.78 is 37.9. The Bertz CT molecular complexity index is 727. The van der Waals surface area contributed by atoms with E-state index in [0.29, 0.717) is 31.4 Å². The molecular weight excluding hydrogens is 393 g/mol. The van der Waals surface area contributed by atoms with Crippen LogP contribution in [-0.2, 0) is 17.4 Å². The summed E-state index contributed by atoms with van der Waals surface area (Å²) in [5.74, 6) is 1.14. The van der Waals surface area contributed by atoms with Gasteiger partial charge in [0.05, 0.1) is 5.56 Å². The highest BCUT2D eigenvalue weighted by Gasteiger charge is 2.32. The zero-order valence-electron chi connectivity index (χ0n) is 17.5. The van der Waals surface area contributed by atoms with Crippen molar-refractivity contribution in [3.05, 3.63) is 35.4 Å². The number of benzene rings is 1. The third-order valence-corrected chi connectivity index (χ3v) is 6.01. The van der Waals surface area contributed by atoms with E-state index in [1.165, 1.54) is 18.6 Å². The Morgan fingerprint density at radius 1 is 1.13 bits per heavy atom. The van der Waals surface area contributed by atoms with Gasteiger partial charge in [0.15, 0.2) is 5.96 Å². The van der Waals surface area contributed by atoms with Gasteiger partial charge in [0.2, 0.25) is 5.91 Å². The number of carbonyl (C=O) groups excluding carboxylic acids is 1. The molecule has 3 rings (SSSR count). The molecule has 1 unspecified atom stereocenters. The van der Waals surface area contributed by atoms with Gasteiger partial charge < -0.3 is 15.5 Å². The van der Waals surface area contributed by atoms with Crippen LogP contribution in [0.25, 0.3) is 0 Å². The predicted octanol–water partition coefficient (Wildman–Crippen LogP) is 3.59. The average Bonchev–Trinajstić information content (AvgIpc) is 3.21. The van der Waals surface area contributed by atoms with Gasteiger partial charge in [-0.1, -0.05) is 31.4 Å². The van der Waals surface area contributed by atoms with Gasteiger partial charge in [-0.05, 0) is 43.4 Å². The number of guanidine groups is 1. The van der Waals surface area contributed by atoms with Crippen LogP contribution in [0.4, 0.5) is 13.2 Å². The van der Waals surface area contributed by atoms with Crippen molar-refractivity contribution in [3.63, 3.8) is 0 Å². The molecule has 0 bridgehead atoms. The monoisotopic (exact) mass is 424 g/mol. The summed E-state index contributed by atoms with van der Waals surface area (Å²) in [4.78, 5) is 18.9. The fourth-order valence-corrected chi connectivity index (χ4v) is 4.26. The normalized spacial score (nSPS) is 21.0. The van der Waals surface area contributed by atoms with Gasteiger partial charge in [0, 0.05) is 38.6 Å². The van der Waals surface area contributed by atoms with Crippen molar-refractivity contribution >= 4 is 11.9 Å². The molecule has 1 aliphatic carbocycles. The highest BCUT2D eigenvalue weighted by atomic mass is 19.4. The van der Waals surface area contributed by atoms with Gasteiger partial charge in [-0.2, -0.15) is 13.2 Å². The highest BCUT2D eigenvalue weighted by molar-refractivity contribution is 5.81. The van der Waals surface area contributed by atoms with Crippen molar-refractivity contribution in [3.8, 4) is 0 Å². The summed E-state index contributed by atoms with van der Waals surface area (Å²) in [6, 6.07) is 5.39. The van der Waals surface area contributed by atoms with Crippen LogP contribution in [0.5, 0.6) is 0 Å². The zero-order chi connectivity index (χ0) is 21.6. The third-order valence-electron chi connectivity index (χ3n) is 6.01. The number of amides is 1. The highest BCUT2D eigenvalue weighted by Crippen LogP contribution is 2.29. The van der Waals surface area contributed by atoms with Gasteiger partial charge in [0.25, 0.3) is 0 Å². The second-order valence-electron chi connectivity index (χ2n) is 8.19. The van der Waals surface area contributed by atoms with Crippen molar-refractivity contribution in [2.24, 2.45) is 10.9 Å². The molecule has 1 aromatic rings. The Hall–Kier alpha value is -2.25. The molecule has 1 saturated carbocycles. The molecule has 2 N–H and O–H groups in total. The van der Waals surface area contributed by atoms with Gasteiger partial charge in [0.1, 0.15) is 0 Å². The van der Waals surface area contributed by atoms with Crippen LogP contribution in [0.15, 0.2) is 29.3 Å². The standard InChI is InChI=1S/C22H31F3N4O/c1-26-21(27-13-11-16-7-9-18(10-8-16)22(23,24)25)28-19-12-14-29(15-19)20(30)17-5-3-2-4-6-17/h7-10,17,19H,2-6,11-15H2,1H3,(H2,26,27,28). The van der Waals surface area contributed by atoms with E-state index in [0.717, 1.165) is 56.3 Å². The number of halogens is 3. The number of carbonyl (C=O) groups is 1. The number of likely N-dealkylation sites (tertiary alicyclic amines) is 1. The van der Waals surface area contributed by atoms with Gasteiger partial charge in [-0.25, -0.2) is 0 Å². The Balaban J connectivity index is 1.41. The summed E-state index contributed by atoms with van der Waals surface area (Å²) in [5, 5.41) is 6.58. The summed E-state index contributed by atoms with van der Waals surface area (Å²) in [6.45, 7) is 2.02. The van der Waals surface area contributed by atoms with E-state index in [4.69, 9.17) is 0 Å². The Morgan fingerprint density at radius 2 is 1.83 bits per heavy atom. The molecule has 0 radical (unpaired) electrons. The molecule has 8 heteroatoms. The second kappa shape index (κ2) is 10.2. The van der Waals surface area contributed by atoms with Crippen molar-refractivity contribution in [1.82, 2.24) is 15.5 Å². The van der Waals surface area contributed by atoms with Crippen LogP contribution >= 0.6 is 0 Å².